The fourth-order valence-corrected chi connectivity index (χ4v) is 1.66. The van der Waals surface area contributed by atoms with E-state index in [2.05, 4.69) is 36.6 Å². The molecule has 6 nitrogen and oxygen atoms in total. The molecule has 0 aromatic heterocycles. The van der Waals surface area contributed by atoms with Crippen LogP contribution in [-0.2, 0) is 4.74 Å². The van der Waals surface area contributed by atoms with Crippen LogP contribution in [0, 0.1) is 0 Å². The Morgan fingerprint density at radius 1 is 1.26 bits per heavy atom. The van der Waals surface area contributed by atoms with E-state index in [9.17, 15) is 9.59 Å². The molecule has 7 heteroatoms. The molecule has 0 radical (unpaired) electrons. The second kappa shape index (κ2) is 8.36. The van der Waals surface area contributed by atoms with E-state index in [4.69, 9.17) is 0 Å². The molecule has 3 N–H and O–H groups in total. The van der Waals surface area contributed by atoms with Crippen molar-refractivity contribution in [3.05, 3.63) is 28.7 Å². The minimum atomic E-state index is -0.489. The van der Waals surface area contributed by atoms with Crippen LogP contribution in [-0.4, -0.2) is 31.8 Å². The normalized spacial score (nSPS) is 9.58. The number of carbonyl (C=O) groups excluding carboxylic acids is 2. The molecule has 1 rings (SSSR count). The van der Waals surface area contributed by atoms with Crippen LogP contribution in [0.5, 0.6) is 0 Å². The molecule has 0 aliphatic carbocycles. The molecule has 1 aromatic carbocycles. The van der Waals surface area contributed by atoms with Crippen LogP contribution in [0.15, 0.2) is 28.7 Å². The van der Waals surface area contributed by atoms with Crippen LogP contribution in [0.4, 0.5) is 15.3 Å². The molecule has 0 aliphatic rings. The van der Waals surface area contributed by atoms with Gasteiger partial charge in [-0.1, -0.05) is 22.0 Å². The molecule has 0 bridgehead atoms. The SMILES string of the molecule is CCOC(=O)NCCNC(=O)Nc1cccc(Br)c1. The van der Waals surface area contributed by atoms with Crippen molar-refractivity contribution in [3.63, 3.8) is 0 Å². The zero-order valence-electron chi connectivity index (χ0n) is 10.5. The van der Waals surface area contributed by atoms with Gasteiger partial charge >= 0.3 is 12.1 Å². The van der Waals surface area contributed by atoms with Gasteiger partial charge in [-0.05, 0) is 25.1 Å². The van der Waals surface area contributed by atoms with Crippen molar-refractivity contribution in [1.29, 1.82) is 0 Å². The zero-order valence-corrected chi connectivity index (χ0v) is 12.1. The molecule has 0 heterocycles. The van der Waals surface area contributed by atoms with Crippen molar-refractivity contribution in [2.75, 3.05) is 25.0 Å². The van der Waals surface area contributed by atoms with E-state index >= 15 is 0 Å². The molecule has 0 saturated heterocycles. The van der Waals surface area contributed by atoms with Gasteiger partial charge in [0.2, 0.25) is 0 Å². The smallest absolute Gasteiger partial charge is 0.407 e. The summed E-state index contributed by atoms with van der Waals surface area (Å²) in [5, 5.41) is 7.79. The Bertz CT molecular complexity index is 440. The van der Waals surface area contributed by atoms with Crippen molar-refractivity contribution >= 4 is 33.7 Å². The van der Waals surface area contributed by atoms with Crippen LogP contribution in [0.25, 0.3) is 0 Å². The summed E-state index contributed by atoms with van der Waals surface area (Å²) < 4.78 is 5.56. The highest BCUT2D eigenvalue weighted by molar-refractivity contribution is 9.10. The number of alkyl carbamates (subject to hydrolysis) is 1. The van der Waals surface area contributed by atoms with Crippen molar-refractivity contribution in [1.82, 2.24) is 10.6 Å². The first kappa shape index (κ1) is 15.3. The fourth-order valence-electron chi connectivity index (χ4n) is 1.26. The summed E-state index contributed by atoms with van der Waals surface area (Å²) in [6.07, 6.45) is -0.489. The molecular formula is C12H16BrN3O3. The van der Waals surface area contributed by atoms with E-state index in [1.54, 1.807) is 19.1 Å². The number of urea groups is 1. The maximum atomic E-state index is 11.5. The van der Waals surface area contributed by atoms with E-state index in [0.717, 1.165) is 4.47 Å². The lowest BCUT2D eigenvalue weighted by atomic mass is 10.3. The summed E-state index contributed by atoms with van der Waals surface area (Å²) in [5.74, 6) is 0. The summed E-state index contributed by atoms with van der Waals surface area (Å²) in [6, 6.07) is 6.93. The molecule has 0 fully saturated rings. The van der Waals surface area contributed by atoms with Gasteiger partial charge in [-0.15, -0.1) is 0 Å². The Labute approximate surface area is 120 Å². The number of nitrogens with one attached hydrogen (secondary N) is 3. The third kappa shape index (κ3) is 6.66. The van der Waals surface area contributed by atoms with Crippen molar-refractivity contribution in [2.45, 2.75) is 6.92 Å². The standard InChI is InChI=1S/C12H16BrN3O3/c1-2-19-12(18)15-7-6-14-11(17)16-10-5-3-4-9(13)8-10/h3-5,8H,2,6-7H2,1H3,(H,15,18)(H2,14,16,17). The van der Waals surface area contributed by atoms with E-state index in [-0.39, 0.29) is 6.03 Å². The Balaban J connectivity index is 2.20. The fraction of sp³-hybridized carbons (Fsp3) is 0.333. The predicted octanol–water partition coefficient (Wildman–Crippen LogP) is 2.32. The van der Waals surface area contributed by atoms with Gasteiger partial charge in [0, 0.05) is 23.2 Å². The molecule has 19 heavy (non-hydrogen) atoms. The number of benzene rings is 1. The maximum absolute atomic E-state index is 11.5. The summed E-state index contributed by atoms with van der Waals surface area (Å²) in [7, 11) is 0. The Hall–Kier alpha value is -1.76. The van der Waals surface area contributed by atoms with Gasteiger partial charge in [0.1, 0.15) is 0 Å². The molecule has 0 aliphatic heterocycles. The van der Waals surface area contributed by atoms with E-state index in [1.165, 1.54) is 0 Å². The van der Waals surface area contributed by atoms with Crippen LogP contribution >= 0.6 is 15.9 Å². The van der Waals surface area contributed by atoms with E-state index < -0.39 is 6.09 Å². The first-order chi connectivity index (χ1) is 9.11. The lowest BCUT2D eigenvalue weighted by Crippen LogP contribution is -2.37. The van der Waals surface area contributed by atoms with Crippen molar-refractivity contribution < 1.29 is 14.3 Å². The van der Waals surface area contributed by atoms with Gasteiger partial charge in [0.25, 0.3) is 0 Å². The maximum Gasteiger partial charge on any atom is 0.407 e. The lowest BCUT2D eigenvalue weighted by Gasteiger charge is -2.08. The van der Waals surface area contributed by atoms with E-state index in [1.807, 2.05) is 12.1 Å². The van der Waals surface area contributed by atoms with E-state index in [0.29, 0.717) is 25.4 Å². The quantitative estimate of drug-likeness (QED) is 0.725. The second-order valence-corrected chi connectivity index (χ2v) is 4.45. The van der Waals surface area contributed by atoms with Crippen molar-refractivity contribution in [2.24, 2.45) is 0 Å². The first-order valence-corrected chi connectivity index (χ1v) is 6.62. The Morgan fingerprint density at radius 3 is 2.68 bits per heavy atom. The average molecular weight is 330 g/mol. The Morgan fingerprint density at radius 2 is 2.00 bits per heavy atom. The minimum absolute atomic E-state index is 0.310. The number of anilines is 1. The van der Waals surface area contributed by atoms with Gasteiger partial charge in [-0.3, -0.25) is 0 Å². The first-order valence-electron chi connectivity index (χ1n) is 5.83. The molecule has 0 saturated carbocycles. The number of carbonyl (C=O) groups is 2. The molecule has 0 unspecified atom stereocenters. The number of amides is 3. The average Bonchev–Trinajstić information content (AvgIpc) is 2.35. The minimum Gasteiger partial charge on any atom is -0.450 e. The van der Waals surface area contributed by atoms with Crippen LogP contribution < -0.4 is 16.0 Å². The summed E-state index contributed by atoms with van der Waals surface area (Å²) >= 11 is 3.31. The molecule has 3 amide bonds. The number of hydrogen-bond acceptors (Lipinski definition) is 3. The van der Waals surface area contributed by atoms with Crippen molar-refractivity contribution in [3.8, 4) is 0 Å². The van der Waals surface area contributed by atoms with Crippen LogP contribution in [0.2, 0.25) is 0 Å². The highest BCUT2D eigenvalue weighted by atomic mass is 79.9. The van der Waals surface area contributed by atoms with Gasteiger partial charge in [-0.2, -0.15) is 0 Å². The lowest BCUT2D eigenvalue weighted by molar-refractivity contribution is 0.152. The zero-order chi connectivity index (χ0) is 14.1. The Kier molecular flexibility index (Phi) is 6.73. The number of rotatable bonds is 5. The second-order valence-electron chi connectivity index (χ2n) is 3.54. The summed E-state index contributed by atoms with van der Waals surface area (Å²) in [6.45, 7) is 2.68. The predicted molar refractivity (Wildman–Crippen MR) is 76.2 cm³/mol. The van der Waals surface area contributed by atoms with Crippen LogP contribution in [0.3, 0.4) is 0 Å². The van der Waals surface area contributed by atoms with Gasteiger partial charge in [-0.25, -0.2) is 9.59 Å². The molecule has 1 aromatic rings. The number of ether oxygens (including phenoxy) is 1. The van der Waals surface area contributed by atoms with Crippen LogP contribution in [0.1, 0.15) is 6.92 Å². The number of hydrogen-bond donors (Lipinski definition) is 3. The molecular weight excluding hydrogens is 314 g/mol. The monoisotopic (exact) mass is 329 g/mol. The van der Waals surface area contributed by atoms with Gasteiger partial charge < -0.3 is 20.7 Å². The molecule has 0 spiro atoms. The third-order valence-corrected chi connectivity index (χ3v) is 2.53. The largest absolute Gasteiger partial charge is 0.450 e. The summed E-state index contributed by atoms with van der Waals surface area (Å²) in [5.41, 5.74) is 0.685. The number of halogens is 1. The highest BCUT2D eigenvalue weighted by Gasteiger charge is 2.02. The highest BCUT2D eigenvalue weighted by Crippen LogP contribution is 2.15. The summed E-state index contributed by atoms with van der Waals surface area (Å²) in [4.78, 5) is 22.5. The molecule has 104 valence electrons. The topological polar surface area (TPSA) is 79.5 Å². The molecule has 0 atom stereocenters. The van der Waals surface area contributed by atoms with Gasteiger partial charge in [0.15, 0.2) is 0 Å². The van der Waals surface area contributed by atoms with Gasteiger partial charge in [0.05, 0.1) is 6.61 Å². The third-order valence-electron chi connectivity index (χ3n) is 2.04.